The van der Waals surface area contributed by atoms with E-state index in [1.807, 2.05) is 13.8 Å². The maximum Gasteiger partial charge on any atom is 0.343 e. The first kappa shape index (κ1) is 15.7. The van der Waals surface area contributed by atoms with Crippen LogP contribution in [0.4, 0.5) is 11.5 Å². The van der Waals surface area contributed by atoms with Gasteiger partial charge in [0.15, 0.2) is 5.03 Å². The number of nitrogens with zero attached hydrogens (tertiary/aromatic N) is 3. The molecule has 106 valence electrons. The van der Waals surface area contributed by atoms with Gasteiger partial charge in [0, 0.05) is 11.8 Å². The first-order valence-electron chi connectivity index (χ1n) is 6.37. The number of hydrogen-bond acceptors (Lipinski definition) is 6. The van der Waals surface area contributed by atoms with Crippen molar-refractivity contribution in [3.05, 3.63) is 16.4 Å². The summed E-state index contributed by atoms with van der Waals surface area (Å²) in [5.41, 5.74) is -0.0200. The van der Waals surface area contributed by atoms with E-state index in [4.69, 9.17) is 0 Å². The van der Waals surface area contributed by atoms with Crippen molar-refractivity contribution in [3.63, 3.8) is 0 Å². The van der Waals surface area contributed by atoms with Crippen LogP contribution in [0.25, 0.3) is 0 Å². The summed E-state index contributed by atoms with van der Waals surface area (Å²) in [5.74, 6) is 0.729. The molecule has 1 heterocycles. The summed E-state index contributed by atoms with van der Waals surface area (Å²) < 4.78 is 0. The maximum atomic E-state index is 11.2. The van der Waals surface area contributed by atoms with Gasteiger partial charge in [0.05, 0.1) is 4.92 Å². The van der Waals surface area contributed by atoms with Crippen LogP contribution in [0.1, 0.15) is 34.1 Å². The Bertz CT molecular complexity index is 440. The maximum absolute atomic E-state index is 11.2. The Labute approximate surface area is 117 Å². The van der Waals surface area contributed by atoms with Gasteiger partial charge in [-0.2, -0.15) is 0 Å². The Kier molecular flexibility index (Phi) is 6.01. The lowest BCUT2D eigenvalue weighted by atomic mass is 10.2. The van der Waals surface area contributed by atoms with Crippen molar-refractivity contribution in [2.75, 3.05) is 11.9 Å². The average molecular weight is 284 g/mol. The van der Waals surface area contributed by atoms with Crippen molar-refractivity contribution in [1.29, 1.82) is 0 Å². The van der Waals surface area contributed by atoms with E-state index in [2.05, 4.69) is 29.1 Å². The fraction of sp³-hybridized carbons (Fsp3) is 0.667. The lowest BCUT2D eigenvalue weighted by molar-refractivity contribution is -0.387. The predicted octanol–water partition coefficient (Wildman–Crippen LogP) is 3.34. The fourth-order valence-corrected chi connectivity index (χ4v) is 2.31. The molecule has 19 heavy (non-hydrogen) atoms. The number of rotatable bonds is 7. The summed E-state index contributed by atoms with van der Waals surface area (Å²) in [6.07, 6.45) is 2.26. The molecule has 0 bridgehead atoms. The van der Waals surface area contributed by atoms with E-state index < -0.39 is 4.92 Å². The third kappa shape index (κ3) is 4.34. The molecule has 1 unspecified atom stereocenters. The zero-order valence-electron chi connectivity index (χ0n) is 11.7. The van der Waals surface area contributed by atoms with Gasteiger partial charge in [-0.1, -0.05) is 39.5 Å². The number of anilines is 1. The fourth-order valence-electron chi connectivity index (χ4n) is 1.30. The van der Waals surface area contributed by atoms with Crippen molar-refractivity contribution >= 4 is 23.3 Å². The van der Waals surface area contributed by atoms with Crippen molar-refractivity contribution in [2.45, 2.75) is 44.4 Å². The molecule has 0 saturated heterocycles. The topological polar surface area (TPSA) is 81.0 Å². The van der Waals surface area contributed by atoms with E-state index in [1.54, 1.807) is 0 Å². The SMILES string of the molecule is CCCNc1ncnc(SC(C)C(C)C)c1[N+](=O)[O-]. The second-order valence-corrected chi connectivity index (χ2v) is 5.99. The molecule has 0 amide bonds. The van der Waals surface area contributed by atoms with Crippen molar-refractivity contribution in [2.24, 2.45) is 5.92 Å². The van der Waals surface area contributed by atoms with Crippen LogP contribution >= 0.6 is 11.8 Å². The lowest BCUT2D eigenvalue weighted by Gasteiger charge is -2.14. The smallest absolute Gasteiger partial charge is 0.343 e. The molecule has 1 aromatic heterocycles. The van der Waals surface area contributed by atoms with E-state index in [0.717, 1.165) is 6.42 Å². The number of nitrogens with one attached hydrogen (secondary N) is 1. The molecule has 1 atom stereocenters. The first-order valence-corrected chi connectivity index (χ1v) is 7.25. The van der Waals surface area contributed by atoms with Gasteiger partial charge in [-0.25, -0.2) is 9.97 Å². The third-order valence-corrected chi connectivity index (χ3v) is 4.19. The molecule has 0 radical (unpaired) electrons. The minimum absolute atomic E-state index is 0.0200. The second-order valence-electron chi connectivity index (χ2n) is 4.63. The number of aromatic nitrogens is 2. The average Bonchev–Trinajstić information content (AvgIpc) is 2.35. The van der Waals surface area contributed by atoms with E-state index in [0.29, 0.717) is 23.3 Å². The summed E-state index contributed by atoms with van der Waals surface area (Å²) in [6.45, 7) is 8.86. The predicted molar refractivity (Wildman–Crippen MR) is 77.6 cm³/mol. The third-order valence-electron chi connectivity index (χ3n) is 2.75. The standard InChI is InChI=1S/C12H20N4O2S/c1-5-6-13-11-10(16(17)18)12(15-7-14-11)19-9(4)8(2)3/h7-9H,5-6H2,1-4H3,(H,13,14,15). The van der Waals surface area contributed by atoms with Gasteiger partial charge < -0.3 is 5.32 Å². The van der Waals surface area contributed by atoms with Crippen LogP contribution in [-0.4, -0.2) is 26.7 Å². The molecule has 6 nitrogen and oxygen atoms in total. The van der Waals surface area contributed by atoms with Crippen molar-refractivity contribution in [1.82, 2.24) is 9.97 Å². The van der Waals surface area contributed by atoms with Crippen molar-refractivity contribution < 1.29 is 4.92 Å². The van der Waals surface area contributed by atoms with Crippen LogP contribution < -0.4 is 5.32 Å². The van der Waals surface area contributed by atoms with Gasteiger partial charge in [0.2, 0.25) is 5.82 Å². The Morgan fingerprint density at radius 3 is 2.63 bits per heavy atom. The molecule has 7 heteroatoms. The van der Waals surface area contributed by atoms with Gasteiger partial charge >= 0.3 is 5.69 Å². The first-order chi connectivity index (χ1) is 8.97. The summed E-state index contributed by atoms with van der Waals surface area (Å²) >= 11 is 1.42. The lowest BCUT2D eigenvalue weighted by Crippen LogP contribution is -2.10. The molecule has 1 rings (SSSR count). The molecule has 1 aromatic rings. The Balaban J connectivity index is 3.06. The molecule has 0 spiro atoms. The number of hydrogen-bond donors (Lipinski definition) is 1. The molecular formula is C12H20N4O2S. The molecule has 0 aromatic carbocycles. The summed E-state index contributed by atoms with van der Waals surface area (Å²) in [7, 11) is 0. The normalized spacial score (nSPS) is 12.5. The highest BCUT2D eigenvalue weighted by atomic mass is 32.2. The molecule has 1 N–H and O–H groups in total. The van der Waals surface area contributed by atoms with Crippen LogP contribution in [0.5, 0.6) is 0 Å². The van der Waals surface area contributed by atoms with E-state index in [1.165, 1.54) is 18.1 Å². The zero-order valence-corrected chi connectivity index (χ0v) is 12.5. The Morgan fingerprint density at radius 2 is 2.11 bits per heavy atom. The molecule has 0 saturated carbocycles. The molecule has 0 aliphatic heterocycles. The Hall–Kier alpha value is -1.37. The highest BCUT2D eigenvalue weighted by Crippen LogP contribution is 2.36. The van der Waals surface area contributed by atoms with Gasteiger partial charge in [-0.3, -0.25) is 10.1 Å². The minimum atomic E-state index is -0.409. The van der Waals surface area contributed by atoms with Gasteiger partial charge in [0.25, 0.3) is 0 Å². The van der Waals surface area contributed by atoms with Crippen LogP contribution in [0, 0.1) is 16.0 Å². The van der Waals surface area contributed by atoms with E-state index >= 15 is 0 Å². The second kappa shape index (κ2) is 7.28. The molecular weight excluding hydrogens is 264 g/mol. The largest absolute Gasteiger partial charge is 0.364 e. The van der Waals surface area contributed by atoms with Gasteiger partial charge in [-0.05, 0) is 12.3 Å². The van der Waals surface area contributed by atoms with E-state index in [-0.39, 0.29) is 10.9 Å². The quantitative estimate of drug-likeness (QED) is 0.358. The van der Waals surface area contributed by atoms with Crippen LogP contribution in [0.3, 0.4) is 0 Å². The van der Waals surface area contributed by atoms with Gasteiger partial charge in [-0.15, -0.1) is 0 Å². The van der Waals surface area contributed by atoms with Gasteiger partial charge in [0.1, 0.15) is 6.33 Å². The van der Waals surface area contributed by atoms with Crippen LogP contribution in [0.2, 0.25) is 0 Å². The van der Waals surface area contributed by atoms with Crippen LogP contribution in [-0.2, 0) is 0 Å². The van der Waals surface area contributed by atoms with E-state index in [9.17, 15) is 10.1 Å². The zero-order chi connectivity index (χ0) is 14.4. The molecule has 0 fully saturated rings. The number of thioether (sulfide) groups is 1. The number of nitro groups is 1. The summed E-state index contributed by atoms with van der Waals surface area (Å²) in [6, 6.07) is 0. The van der Waals surface area contributed by atoms with Crippen LogP contribution in [0.15, 0.2) is 11.4 Å². The monoisotopic (exact) mass is 284 g/mol. The van der Waals surface area contributed by atoms with Crippen molar-refractivity contribution in [3.8, 4) is 0 Å². The molecule has 0 aliphatic carbocycles. The molecule has 0 aliphatic rings. The highest BCUT2D eigenvalue weighted by molar-refractivity contribution is 8.00. The summed E-state index contributed by atoms with van der Waals surface area (Å²) in [5, 5.41) is 14.9. The Morgan fingerprint density at radius 1 is 1.42 bits per heavy atom. The minimum Gasteiger partial charge on any atom is -0.364 e. The highest BCUT2D eigenvalue weighted by Gasteiger charge is 2.25. The summed E-state index contributed by atoms with van der Waals surface area (Å²) in [4.78, 5) is 18.9.